The molecule has 0 saturated carbocycles. The molecule has 0 saturated heterocycles. The lowest BCUT2D eigenvalue weighted by Gasteiger charge is -2.01. The average Bonchev–Trinajstić information content (AvgIpc) is 2.03. The van der Waals surface area contributed by atoms with Gasteiger partial charge in [-0.05, 0) is 13.0 Å². The fourth-order valence-corrected chi connectivity index (χ4v) is 1.74. The number of aryl methyl sites for hydroxylation is 1. The van der Waals surface area contributed by atoms with Gasteiger partial charge in [-0.15, -0.1) is 11.8 Å². The van der Waals surface area contributed by atoms with Crippen molar-refractivity contribution in [2.75, 3.05) is 25.2 Å². The zero-order valence-corrected chi connectivity index (χ0v) is 8.60. The smallest absolute Gasteiger partial charge is 0.221 e. The second-order valence-corrected chi connectivity index (χ2v) is 3.66. The van der Waals surface area contributed by atoms with Gasteiger partial charge in [0.05, 0.1) is 6.61 Å². The summed E-state index contributed by atoms with van der Waals surface area (Å²) in [6, 6.07) is 1.91. The summed E-state index contributed by atoms with van der Waals surface area (Å²) in [5, 5.41) is 0.905. The maximum atomic E-state index is 5.50. The largest absolute Gasteiger partial charge is 0.384 e. The maximum absolute atomic E-state index is 5.50. The van der Waals surface area contributed by atoms with E-state index < -0.39 is 0 Å². The lowest BCUT2D eigenvalue weighted by Crippen LogP contribution is -1.99. The molecule has 0 aliphatic rings. The van der Waals surface area contributed by atoms with Crippen molar-refractivity contribution in [3.05, 3.63) is 11.8 Å². The monoisotopic (exact) mass is 199 g/mol. The third kappa shape index (κ3) is 3.61. The Kier molecular flexibility index (Phi) is 3.98. The number of methoxy groups -OCH3 is 1. The first kappa shape index (κ1) is 10.3. The average molecular weight is 199 g/mol. The van der Waals surface area contributed by atoms with E-state index >= 15 is 0 Å². The molecular weight excluding hydrogens is 186 g/mol. The standard InChI is InChI=1S/C8H13N3OS/c1-6-5-7(11-8(9)10-6)13-4-3-12-2/h5H,3-4H2,1-2H3,(H2,9,10,11). The van der Waals surface area contributed by atoms with E-state index in [0.29, 0.717) is 12.6 Å². The van der Waals surface area contributed by atoms with Gasteiger partial charge in [0.15, 0.2) is 0 Å². The quantitative estimate of drug-likeness (QED) is 0.447. The summed E-state index contributed by atoms with van der Waals surface area (Å²) in [6.07, 6.45) is 0. The molecule has 0 aliphatic heterocycles. The Morgan fingerprint density at radius 1 is 1.54 bits per heavy atom. The molecule has 1 heterocycles. The second-order valence-electron chi connectivity index (χ2n) is 2.55. The minimum atomic E-state index is 0.333. The zero-order valence-electron chi connectivity index (χ0n) is 7.78. The van der Waals surface area contributed by atoms with Crippen LogP contribution in [0.15, 0.2) is 11.1 Å². The number of anilines is 1. The van der Waals surface area contributed by atoms with Crippen molar-refractivity contribution in [3.63, 3.8) is 0 Å². The van der Waals surface area contributed by atoms with E-state index in [0.717, 1.165) is 16.5 Å². The molecule has 4 nitrogen and oxygen atoms in total. The molecule has 2 N–H and O–H groups in total. The first-order valence-corrected chi connectivity index (χ1v) is 4.94. The van der Waals surface area contributed by atoms with Crippen LogP contribution in [0.2, 0.25) is 0 Å². The van der Waals surface area contributed by atoms with Gasteiger partial charge in [0.1, 0.15) is 5.03 Å². The third-order valence-electron chi connectivity index (χ3n) is 1.39. The predicted molar refractivity (Wildman–Crippen MR) is 53.8 cm³/mol. The highest BCUT2D eigenvalue weighted by Crippen LogP contribution is 2.16. The summed E-state index contributed by atoms with van der Waals surface area (Å²) in [5.41, 5.74) is 6.39. The molecular formula is C8H13N3OS. The number of nitrogens with two attached hydrogens (primary N) is 1. The van der Waals surface area contributed by atoms with Crippen LogP contribution < -0.4 is 5.73 Å². The van der Waals surface area contributed by atoms with Crippen LogP contribution in [-0.4, -0.2) is 29.4 Å². The summed E-state index contributed by atoms with van der Waals surface area (Å²) >= 11 is 1.62. The van der Waals surface area contributed by atoms with Gasteiger partial charge in [0, 0.05) is 18.6 Å². The molecule has 0 amide bonds. The van der Waals surface area contributed by atoms with Crippen molar-refractivity contribution >= 4 is 17.7 Å². The normalized spacial score (nSPS) is 10.3. The summed E-state index contributed by atoms with van der Waals surface area (Å²) in [6.45, 7) is 2.62. The molecule has 0 radical (unpaired) electrons. The first-order chi connectivity index (χ1) is 6.22. The highest BCUT2D eigenvalue weighted by Gasteiger charge is 1.99. The van der Waals surface area contributed by atoms with E-state index in [9.17, 15) is 0 Å². The molecule has 1 aromatic rings. The highest BCUT2D eigenvalue weighted by molar-refractivity contribution is 7.99. The fourth-order valence-electron chi connectivity index (χ4n) is 0.865. The van der Waals surface area contributed by atoms with Crippen molar-refractivity contribution < 1.29 is 4.74 Å². The molecule has 1 rings (SSSR count). The van der Waals surface area contributed by atoms with E-state index in [1.807, 2.05) is 13.0 Å². The van der Waals surface area contributed by atoms with Gasteiger partial charge in [-0.1, -0.05) is 0 Å². The molecule has 1 aromatic heterocycles. The highest BCUT2D eigenvalue weighted by atomic mass is 32.2. The maximum Gasteiger partial charge on any atom is 0.221 e. The van der Waals surface area contributed by atoms with Crippen LogP contribution in [-0.2, 0) is 4.74 Å². The molecule has 0 unspecified atom stereocenters. The van der Waals surface area contributed by atoms with Crippen molar-refractivity contribution in [1.29, 1.82) is 0 Å². The number of aromatic nitrogens is 2. The van der Waals surface area contributed by atoms with Gasteiger partial charge in [0.2, 0.25) is 5.95 Å². The van der Waals surface area contributed by atoms with Crippen LogP contribution in [0.1, 0.15) is 5.69 Å². The van der Waals surface area contributed by atoms with Crippen molar-refractivity contribution in [2.45, 2.75) is 11.9 Å². The van der Waals surface area contributed by atoms with Gasteiger partial charge in [0.25, 0.3) is 0 Å². The molecule has 0 spiro atoms. The molecule has 0 fully saturated rings. The molecule has 0 atom stereocenters. The van der Waals surface area contributed by atoms with E-state index in [4.69, 9.17) is 10.5 Å². The lowest BCUT2D eigenvalue weighted by atomic mass is 10.5. The number of hydrogen-bond donors (Lipinski definition) is 1. The Balaban J connectivity index is 2.56. The van der Waals surface area contributed by atoms with Crippen LogP contribution in [0.5, 0.6) is 0 Å². The molecule has 0 aromatic carbocycles. The van der Waals surface area contributed by atoms with Crippen molar-refractivity contribution in [1.82, 2.24) is 9.97 Å². The first-order valence-electron chi connectivity index (χ1n) is 3.95. The fraction of sp³-hybridized carbons (Fsp3) is 0.500. The SMILES string of the molecule is COCCSc1cc(C)nc(N)n1. The van der Waals surface area contributed by atoms with E-state index in [1.165, 1.54) is 0 Å². The summed E-state index contributed by atoms with van der Waals surface area (Å²) in [7, 11) is 1.68. The van der Waals surface area contributed by atoms with Crippen LogP contribution in [0, 0.1) is 6.92 Å². The van der Waals surface area contributed by atoms with Gasteiger partial charge >= 0.3 is 0 Å². The molecule has 72 valence electrons. The third-order valence-corrected chi connectivity index (χ3v) is 2.26. The number of thioether (sulfide) groups is 1. The van der Waals surface area contributed by atoms with Gasteiger partial charge in [-0.2, -0.15) is 0 Å². The van der Waals surface area contributed by atoms with Crippen molar-refractivity contribution in [3.8, 4) is 0 Å². The molecule has 0 aliphatic carbocycles. The Labute approximate surface area is 81.9 Å². The number of nitrogens with zero attached hydrogens (tertiary/aromatic N) is 2. The molecule has 13 heavy (non-hydrogen) atoms. The van der Waals surface area contributed by atoms with Crippen LogP contribution in [0.25, 0.3) is 0 Å². The minimum Gasteiger partial charge on any atom is -0.384 e. The lowest BCUT2D eigenvalue weighted by molar-refractivity contribution is 0.218. The van der Waals surface area contributed by atoms with Crippen molar-refractivity contribution in [2.24, 2.45) is 0 Å². The number of hydrogen-bond acceptors (Lipinski definition) is 5. The minimum absolute atomic E-state index is 0.333. The zero-order chi connectivity index (χ0) is 9.68. The Morgan fingerprint density at radius 3 is 2.92 bits per heavy atom. The van der Waals surface area contributed by atoms with Gasteiger partial charge in [-0.3, -0.25) is 0 Å². The number of nitrogen functional groups attached to an aromatic ring is 1. The number of ether oxygens (including phenoxy) is 1. The van der Waals surface area contributed by atoms with Gasteiger partial charge in [-0.25, -0.2) is 9.97 Å². The Morgan fingerprint density at radius 2 is 2.31 bits per heavy atom. The van der Waals surface area contributed by atoms with Crippen LogP contribution >= 0.6 is 11.8 Å². The van der Waals surface area contributed by atoms with E-state index in [1.54, 1.807) is 18.9 Å². The van der Waals surface area contributed by atoms with E-state index in [-0.39, 0.29) is 0 Å². The second kappa shape index (κ2) is 5.04. The summed E-state index contributed by atoms with van der Waals surface area (Å²) < 4.78 is 4.93. The van der Waals surface area contributed by atoms with Crippen LogP contribution in [0.4, 0.5) is 5.95 Å². The molecule has 5 heteroatoms. The predicted octanol–water partition coefficient (Wildman–Crippen LogP) is 1.11. The van der Waals surface area contributed by atoms with Crippen LogP contribution in [0.3, 0.4) is 0 Å². The summed E-state index contributed by atoms with van der Waals surface area (Å²) in [5.74, 6) is 1.21. The van der Waals surface area contributed by atoms with Gasteiger partial charge < -0.3 is 10.5 Å². The Hall–Kier alpha value is -0.810. The van der Waals surface area contributed by atoms with E-state index in [2.05, 4.69) is 9.97 Å². The topological polar surface area (TPSA) is 61.0 Å². The molecule has 0 bridgehead atoms. The summed E-state index contributed by atoms with van der Waals surface area (Å²) in [4.78, 5) is 8.06. The number of rotatable bonds is 4. The Bertz CT molecular complexity index is 260.